The second kappa shape index (κ2) is 10.2. The van der Waals surface area contributed by atoms with Crippen molar-refractivity contribution >= 4 is 23.1 Å². The van der Waals surface area contributed by atoms with Crippen LogP contribution in [0.4, 0.5) is 18.9 Å². The lowest BCUT2D eigenvalue weighted by Crippen LogP contribution is -2.39. The van der Waals surface area contributed by atoms with Crippen LogP contribution in [0.2, 0.25) is 5.02 Å². The van der Waals surface area contributed by atoms with Gasteiger partial charge in [0.2, 0.25) is 0 Å². The Bertz CT molecular complexity index is 1640. The maximum Gasteiger partial charge on any atom is 0.435 e. The number of alkyl halides is 3. The standard InChI is InChI=1S/C30H27ClF3N5O/c1-16-11-19(15-38-10-9-26(37-38)30(32,33)34)18(3)21(12-16)27-22(14-35)29(36)39(20-8-7-17(2)23(31)13-20)24-5-4-6-25(40)28(24)27/h7-13,27H,4-6,15,36H2,1-3H3. The van der Waals surface area contributed by atoms with Gasteiger partial charge in [-0.15, -0.1) is 0 Å². The summed E-state index contributed by atoms with van der Waals surface area (Å²) in [5.41, 5.74) is 11.9. The summed E-state index contributed by atoms with van der Waals surface area (Å²) >= 11 is 6.43. The second-order valence-corrected chi connectivity index (χ2v) is 10.7. The summed E-state index contributed by atoms with van der Waals surface area (Å²) < 4.78 is 40.6. The first-order valence-corrected chi connectivity index (χ1v) is 13.2. The SMILES string of the molecule is Cc1cc(Cn2ccc(C(F)(F)F)n2)c(C)c(C2C(C#N)=C(N)N(c3ccc(C)c(Cl)c3)C3=C2C(=O)CCC3)c1. The van der Waals surface area contributed by atoms with E-state index in [4.69, 9.17) is 17.3 Å². The third-order valence-corrected chi connectivity index (χ3v) is 8.01. The number of benzene rings is 2. The number of Topliss-reactive ketones (excluding diaryl/α,β-unsaturated/α-hetero) is 1. The normalized spacial score (nSPS) is 17.8. The van der Waals surface area contributed by atoms with Crippen molar-refractivity contribution in [3.8, 4) is 6.07 Å². The molecule has 6 nitrogen and oxygen atoms in total. The van der Waals surface area contributed by atoms with Crippen molar-refractivity contribution in [3.63, 3.8) is 0 Å². The van der Waals surface area contributed by atoms with E-state index in [0.717, 1.165) is 39.6 Å². The number of allylic oxidation sites excluding steroid dienone is 3. The average Bonchev–Trinajstić information content (AvgIpc) is 3.37. The van der Waals surface area contributed by atoms with E-state index in [1.807, 2.05) is 45.0 Å². The van der Waals surface area contributed by atoms with Gasteiger partial charge in [0.15, 0.2) is 11.5 Å². The fraction of sp³-hybridized carbons (Fsp3) is 0.300. The first-order chi connectivity index (χ1) is 18.9. The topological polar surface area (TPSA) is 87.9 Å². The molecular weight excluding hydrogens is 539 g/mol. The van der Waals surface area contributed by atoms with Gasteiger partial charge in [-0.1, -0.05) is 35.4 Å². The maximum absolute atomic E-state index is 13.5. The zero-order valence-electron chi connectivity index (χ0n) is 22.2. The van der Waals surface area contributed by atoms with Crippen molar-refractivity contribution in [1.29, 1.82) is 5.26 Å². The van der Waals surface area contributed by atoms with E-state index in [2.05, 4.69) is 11.2 Å². The number of nitrogens with zero attached hydrogens (tertiary/aromatic N) is 4. The molecule has 206 valence electrons. The highest BCUT2D eigenvalue weighted by Gasteiger charge is 2.41. The Hall–Kier alpha value is -4.03. The third-order valence-electron chi connectivity index (χ3n) is 7.60. The molecule has 2 aliphatic rings. The highest BCUT2D eigenvalue weighted by molar-refractivity contribution is 6.31. The van der Waals surface area contributed by atoms with Gasteiger partial charge in [-0.05, 0) is 74.1 Å². The minimum atomic E-state index is -4.54. The summed E-state index contributed by atoms with van der Waals surface area (Å²) in [6.07, 6.45) is -1.66. The fourth-order valence-corrected chi connectivity index (χ4v) is 5.79. The molecule has 2 aromatic carbocycles. The molecular formula is C30H27ClF3N5O. The van der Waals surface area contributed by atoms with Gasteiger partial charge >= 0.3 is 6.18 Å². The van der Waals surface area contributed by atoms with Crippen molar-refractivity contribution in [2.45, 2.75) is 58.7 Å². The molecule has 2 N–H and O–H groups in total. The first-order valence-electron chi connectivity index (χ1n) is 12.8. The average molecular weight is 566 g/mol. The minimum Gasteiger partial charge on any atom is -0.384 e. The molecule has 1 aliphatic carbocycles. The quantitative estimate of drug-likeness (QED) is 0.374. The molecule has 1 aliphatic heterocycles. The number of aryl methyl sites for hydroxylation is 2. The van der Waals surface area contributed by atoms with Gasteiger partial charge in [-0.2, -0.15) is 23.5 Å². The molecule has 0 radical (unpaired) electrons. The van der Waals surface area contributed by atoms with Crippen molar-refractivity contribution in [3.05, 3.63) is 104 Å². The van der Waals surface area contributed by atoms with Crippen LogP contribution < -0.4 is 10.6 Å². The molecule has 1 unspecified atom stereocenters. The van der Waals surface area contributed by atoms with E-state index in [1.165, 1.54) is 10.9 Å². The number of anilines is 1. The Labute approximate surface area is 235 Å². The van der Waals surface area contributed by atoms with Crippen molar-refractivity contribution < 1.29 is 18.0 Å². The van der Waals surface area contributed by atoms with Gasteiger partial charge in [0.05, 0.1) is 24.1 Å². The highest BCUT2D eigenvalue weighted by atomic mass is 35.5. The molecule has 1 aromatic heterocycles. The Morgan fingerprint density at radius 2 is 1.90 bits per heavy atom. The van der Waals surface area contributed by atoms with Crippen LogP contribution in [0, 0.1) is 32.1 Å². The summed E-state index contributed by atoms with van der Waals surface area (Å²) in [6, 6.07) is 12.5. The van der Waals surface area contributed by atoms with Gasteiger partial charge in [0, 0.05) is 34.6 Å². The molecule has 1 atom stereocenters. The van der Waals surface area contributed by atoms with Gasteiger partial charge in [-0.25, -0.2) is 0 Å². The number of carbonyl (C=O) groups is 1. The van der Waals surface area contributed by atoms with E-state index in [1.54, 1.807) is 11.0 Å². The molecule has 0 amide bonds. The summed E-state index contributed by atoms with van der Waals surface area (Å²) in [4.78, 5) is 15.3. The van der Waals surface area contributed by atoms with Crippen molar-refractivity contribution in [1.82, 2.24) is 9.78 Å². The Kier molecular flexibility index (Phi) is 7.01. The van der Waals surface area contributed by atoms with E-state index in [0.29, 0.717) is 35.5 Å². The van der Waals surface area contributed by atoms with Crippen LogP contribution in [0.3, 0.4) is 0 Å². The third kappa shape index (κ3) is 4.77. The predicted molar refractivity (Wildman–Crippen MR) is 146 cm³/mol. The summed E-state index contributed by atoms with van der Waals surface area (Å²) in [6.45, 7) is 5.71. The molecule has 10 heteroatoms. The Balaban J connectivity index is 1.66. The highest BCUT2D eigenvalue weighted by Crippen LogP contribution is 2.47. The molecule has 0 bridgehead atoms. The van der Waals surface area contributed by atoms with E-state index in [-0.39, 0.29) is 23.7 Å². The Morgan fingerprint density at radius 3 is 2.55 bits per heavy atom. The minimum absolute atomic E-state index is 0.0564. The number of rotatable bonds is 4. The van der Waals surface area contributed by atoms with Gasteiger partial charge in [0.1, 0.15) is 5.82 Å². The lowest BCUT2D eigenvalue weighted by molar-refractivity contribution is -0.141. The number of nitriles is 1. The van der Waals surface area contributed by atoms with Crippen LogP contribution >= 0.6 is 11.6 Å². The number of nitrogens with two attached hydrogens (primary N) is 1. The van der Waals surface area contributed by atoms with Crippen LogP contribution in [0.25, 0.3) is 0 Å². The number of hydrogen-bond acceptors (Lipinski definition) is 5. The molecule has 5 rings (SSSR count). The van der Waals surface area contributed by atoms with Crippen LogP contribution in [0.15, 0.2) is 65.3 Å². The lowest BCUT2D eigenvalue weighted by atomic mass is 9.73. The largest absolute Gasteiger partial charge is 0.435 e. The molecule has 2 heterocycles. The number of ketones is 1. The fourth-order valence-electron chi connectivity index (χ4n) is 5.62. The van der Waals surface area contributed by atoms with Gasteiger partial charge < -0.3 is 5.73 Å². The summed E-state index contributed by atoms with van der Waals surface area (Å²) in [5.74, 6) is -0.531. The molecule has 0 fully saturated rings. The lowest BCUT2D eigenvalue weighted by Gasteiger charge is -2.40. The van der Waals surface area contributed by atoms with Crippen LogP contribution in [0.1, 0.15) is 58.7 Å². The monoisotopic (exact) mass is 565 g/mol. The van der Waals surface area contributed by atoms with Crippen molar-refractivity contribution in [2.75, 3.05) is 4.90 Å². The van der Waals surface area contributed by atoms with E-state index < -0.39 is 17.8 Å². The second-order valence-electron chi connectivity index (χ2n) is 10.3. The number of halogens is 4. The van der Waals surface area contributed by atoms with Crippen LogP contribution in [-0.4, -0.2) is 15.6 Å². The van der Waals surface area contributed by atoms with E-state index >= 15 is 0 Å². The molecule has 0 saturated heterocycles. The molecule has 40 heavy (non-hydrogen) atoms. The first kappa shape index (κ1) is 27.5. The summed E-state index contributed by atoms with van der Waals surface area (Å²) in [5, 5.41) is 14.6. The molecule has 3 aromatic rings. The molecule has 0 spiro atoms. The zero-order valence-corrected chi connectivity index (χ0v) is 23.0. The van der Waals surface area contributed by atoms with Gasteiger partial charge in [-0.3, -0.25) is 14.4 Å². The Morgan fingerprint density at radius 1 is 1.15 bits per heavy atom. The zero-order chi connectivity index (χ0) is 28.9. The van der Waals surface area contributed by atoms with Crippen LogP contribution in [0.5, 0.6) is 0 Å². The van der Waals surface area contributed by atoms with Gasteiger partial charge in [0.25, 0.3) is 0 Å². The number of hydrogen-bond donors (Lipinski definition) is 1. The van der Waals surface area contributed by atoms with Crippen LogP contribution in [-0.2, 0) is 17.5 Å². The van der Waals surface area contributed by atoms with E-state index in [9.17, 15) is 23.2 Å². The van der Waals surface area contributed by atoms with Crippen molar-refractivity contribution in [2.24, 2.45) is 5.73 Å². The number of carbonyl (C=O) groups excluding carboxylic acids is 1. The maximum atomic E-state index is 13.5. The predicted octanol–water partition coefficient (Wildman–Crippen LogP) is 6.83. The molecule has 0 saturated carbocycles. The number of aromatic nitrogens is 2. The summed E-state index contributed by atoms with van der Waals surface area (Å²) in [7, 11) is 0. The smallest absolute Gasteiger partial charge is 0.384 e.